The van der Waals surface area contributed by atoms with Crippen LogP contribution in [-0.2, 0) is 14.3 Å². The molecule has 1 amide bonds. The van der Waals surface area contributed by atoms with Crippen molar-refractivity contribution < 1.29 is 19.4 Å². The number of amides is 1. The summed E-state index contributed by atoms with van der Waals surface area (Å²) in [6, 6.07) is 0. The predicted molar refractivity (Wildman–Crippen MR) is 70.7 cm³/mol. The maximum Gasteiger partial charge on any atom is 0.305 e. The van der Waals surface area contributed by atoms with Gasteiger partial charge in [0.25, 0.3) is 0 Å². The lowest BCUT2D eigenvalue weighted by Gasteiger charge is -2.33. The number of aliphatic carboxylic acids is 1. The number of carboxylic acids is 1. The Morgan fingerprint density at radius 1 is 1.37 bits per heavy atom. The minimum atomic E-state index is -0.849. The van der Waals surface area contributed by atoms with Gasteiger partial charge in [-0.3, -0.25) is 9.59 Å². The highest BCUT2D eigenvalue weighted by Crippen LogP contribution is 2.16. The van der Waals surface area contributed by atoms with Crippen LogP contribution in [0.5, 0.6) is 0 Å². The number of hydrogen-bond acceptors (Lipinski definition) is 4. The first kappa shape index (κ1) is 15.9. The summed E-state index contributed by atoms with van der Waals surface area (Å²) in [5.41, 5.74) is 5.36. The number of carboxylic acid groups (broad SMARTS) is 1. The van der Waals surface area contributed by atoms with E-state index in [-0.39, 0.29) is 25.0 Å². The number of ether oxygens (including phenoxy) is 1. The summed E-state index contributed by atoms with van der Waals surface area (Å²) in [6.07, 6.45) is 1.96. The summed E-state index contributed by atoms with van der Waals surface area (Å²) in [5.74, 6) is -0.769. The molecule has 1 fully saturated rings. The lowest BCUT2D eigenvalue weighted by molar-refractivity contribution is -0.139. The molecular formula is C13H24N2O4. The van der Waals surface area contributed by atoms with E-state index in [0.717, 1.165) is 12.8 Å². The fourth-order valence-electron chi connectivity index (χ4n) is 2.09. The van der Waals surface area contributed by atoms with E-state index in [4.69, 9.17) is 15.6 Å². The molecule has 0 radical (unpaired) electrons. The van der Waals surface area contributed by atoms with Crippen molar-refractivity contribution in [1.29, 1.82) is 0 Å². The molecule has 6 nitrogen and oxygen atoms in total. The van der Waals surface area contributed by atoms with Crippen molar-refractivity contribution >= 4 is 11.9 Å². The van der Waals surface area contributed by atoms with Gasteiger partial charge < -0.3 is 20.5 Å². The van der Waals surface area contributed by atoms with Crippen molar-refractivity contribution in [3.05, 3.63) is 0 Å². The molecule has 0 unspecified atom stereocenters. The molecule has 0 bridgehead atoms. The topological polar surface area (TPSA) is 92.9 Å². The number of rotatable bonds is 6. The molecule has 0 atom stereocenters. The van der Waals surface area contributed by atoms with E-state index in [9.17, 15) is 9.59 Å². The number of likely N-dealkylation sites (tertiary alicyclic amines) is 1. The van der Waals surface area contributed by atoms with Crippen molar-refractivity contribution in [3.63, 3.8) is 0 Å². The van der Waals surface area contributed by atoms with Gasteiger partial charge in [-0.15, -0.1) is 0 Å². The summed E-state index contributed by atoms with van der Waals surface area (Å²) in [6.45, 7) is 5.24. The molecule has 1 heterocycles. The maximum absolute atomic E-state index is 12.0. The minimum absolute atomic E-state index is 0.0283. The van der Waals surface area contributed by atoms with E-state index >= 15 is 0 Å². The van der Waals surface area contributed by atoms with E-state index in [1.807, 2.05) is 18.7 Å². The first-order chi connectivity index (χ1) is 8.78. The van der Waals surface area contributed by atoms with Crippen molar-refractivity contribution in [2.24, 2.45) is 5.73 Å². The van der Waals surface area contributed by atoms with Gasteiger partial charge in [0.15, 0.2) is 0 Å². The number of hydrogen-bond donors (Lipinski definition) is 2. The van der Waals surface area contributed by atoms with Crippen LogP contribution < -0.4 is 5.73 Å². The van der Waals surface area contributed by atoms with E-state index < -0.39 is 11.5 Å². The van der Waals surface area contributed by atoms with Gasteiger partial charge in [0, 0.05) is 25.0 Å². The quantitative estimate of drug-likeness (QED) is 0.738. The molecule has 19 heavy (non-hydrogen) atoms. The first-order valence-electron chi connectivity index (χ1n) is 6.68. The van der Waals surface area contributed by atoms with E-state index in [1.54, 1.807) is 0 Å². The van der Waals surface area contributed by atoms with Crippen LogP contribution in [0.1, 0.15) is 39.5 Å². The smallest absolute Gasteiger partial charge is 0.305 e. The number of piperidine rings is 1. The lowest BCUT2D eigenvalue weighted by Crippen LogP contribution is -2.45. The van der Waals surface area contributed by atoms with Crippen molar-refractivity contribution in [3.8, 4) is 0 Å². The van der Waals surface area contributed by atoms with Crippen LogP contribution in [0.4, 0.5) is 0 Å². The van der Waals surface area contributed by atoms with Crippen molar-refractivity contribution in [1.82, 2.24) is 4.90 Å². The second-order valence-electron chi connectivity index (χ2n) is 5.76. The maximum atomic E-state index is 12.0. The number of nitrogens with zero attached hydrogens (tertiary/aromatic N) is 1. The van der Waals surface area contributed by atoms with Gasteiger partial charge in [0.1, 0.15) is 0 Å². The van der Waals surface area contributed by atoms with Crippen LogP contribution >= 0.6 is 0 Å². The molecule has 0 spiro atoms. The molecule has 1 aliphatic rings. The zero-order valence-electron chi connectivity index (χ0n) is 11.7. The highest BCUT2D eigenvalue weighted by Gasteiger charge is 2.26. The molecule has 1 aliphatic heterocycles. The molecular weight excluding hydrogens is 248 g/mol. The third-order valence-corrected chi connectivity index (χ3v) is 3.07. The van der Waals surface area contributed by atoms with E-state index in [0.29, 0.717) is 19.5 Å². The van der Waals surface area contributed by atoms with E-state index in [2.05, 4.69) is 0 Å². The highest BCUT2D eigenvalue weighted by molar-refractivity contribution is 5.77. The summed E-state index contributed by atoms with van der Waals surface area (Å²) in [4.78, 5) is 24.1. The molecule has 3 N–H and O–H groups in total. The van der Waals surface area contributed by atoms with Crippen LogP contribution in [0.15, 0.2) is 0 Å². The zero-order valence-corrected chi connectivity index (χ0v) is 11.7. The standard InChI is InChI=1S/C13H24N2O4/c1-13(2,14)9-11(16)15-6-3-10(4-7-15)19-8-5-12(17)18/h10H,3-9,14H2,1-2H3,(H,17,18). The molecule has 6 heteroatoms. The van der Waals surface area contributed by atoms with Crippen LogP contribution in [0.25, 0.3) is 0 Å². The van der Waals surface area contributed by atoms with Gasteiger partial charge in [-0.1, -0.05) is 0 Å². The second-order valence-corrected chi connectivity index (χ2v) is 5.76. The Morgan fingerprint density at radius 2 is 1.95 bits per heavy atom. The predicted octanol–water partition coefficient (Wildman–Crippen LogP) is 0.596. The fraction of sp³-hybridized carbons (Fsp3) is 0.846. The van der Waals surface area contributed by atoms with Gasteiger partial charge in [0.2, 0.25) is 5.91 Å². The average Bonchev–Trinajstić information content (AvgIpc) is 2.27. The van der Waals surface area contributed by atoms with Gasteiger partial charge in [0.05, 0.1) is 19.1 Å². The van der Waals surface area contributed by atoms with Gasteiger partial charge in [-0.2, -0.15) is 0 Å². The Bertz CT molecular complexity index is 317. The van der Waals surface area contributed by atoms with Gasteiger partial charge >= 0.3 is 5.97 Å². The Hall–Kier alpha value is -1.14. The van der Waals surface area contributed by atoms with Gasteiger partial charge in [-0.05, 0) is 26.7 Å². The molecule has 0 aromatic rings. The minimum Gasteiger partial charge on any atom is -0.481 e. The summed E-state index contributed by atoms with van der Waals surface area (Å²) < 4.78 is 5.48. The molecule has 0 aromatic carbocycles. The van der Waals surface area contributed by atoms with Crippen LogP contribution in [0, 0.1) is 0 Å². The molecule has 110 valence electrons. The molecule has 1 saturated heterocycles. The Balaban J connectivity index is 2.25. The first-order valence-corrected chi connectivity index (χ1v) is 6.68. The summed E-state index contributed by atoms with van der Waals surface area (Å²) in [7, 11) is 0. The molecule has 0 aromatic heterocycles. The Kier molecular flexibility index (Phi) is 5.75. The third-order valence-electron chi connectivity index (χ3n) is 3.07. The Labute approximate surface area is 113 Å². The summed E-state index contributed by atoms with van der Waals surface area (Å²) >= 11 is 0. The Morgan fingerprint density at radius 3 is 2.42 bits per heavy atom. The molecule has 1 rings (SSSR count). The highest BCUT2D eigenvalue weighted by atomic mass is 16.5. The molecule has 0 saturated carbocycles. The van der Waals surface area contributed by atoms with Crippen molar-refractivity contribution in [2.75, 3.05) is 19.7 Å². The molecule has 0 aliphatic carbocycles. The number of carbonyl (C=O) groups is 2. The van der Waals surface area contributed by atoms with Crippen LogP contribution in [-0.4, -0.2) is 53.2 Å². The van der Waals surface area contributed by atoms with Crippen LogP contribution in [0.3, 0.4) is 0 Å². The van der Waals surface area contributed by atoms with Gasteiger partial charge in [-0.25, -0.2) is 0 Å². The zero-order chi connectivity index (χ0) is 14.5. The average molecular weight is 272 g/mol. The van der Waals surface area contributed by atoms with E-state index in [1.165, 1.54) is 0 Å². The number of nitrogens with two attached hydrogens (primary N) is 1. The second kappa shape index (κ2) is 6.86. The SMILES string of the molecule is CC(C)(N)CC(=O)N1CCC(OCCC(=O)O)CC1. The lowest BCUT2D eigenvalue weighted by atomic mass is 10.00. The normalized spacial score (nSPS) is 17.5. The monoisotopic (exact) mass is 272 g/mol. The van der Waals surface area contributed by atoms with Crippen LogP contribution in [0.2, 0.25) is 0 Å². The number of carbonyl (C=O) groups excluding carboxylic acids is 1. The fourth-order valence-corrected chi connectivity index (χ4v) is 2.09. The third kappa shape index (κ3) is 6.54. The van der Waals surface area contributed by atoms with Crippen molar-refractivity contribution in [2.45, 2.75) is 51.2 Å². The largest absolute Gasteiger partial charge is 0.481 e. The summed E-state index contributed by atoms with van der Waals surface area (Å²) in [5, 5.41) is 8.52.